The van der Waals surface area contributed by atoms with E-state index in [1.807, 2.05) is 12.1 Å². The molecule has 0 aliphatic heterocycles. The maximum absolute atomic E-state index is 11.9. The standard InChI is InChI=1S/C15H15NO3/c1-19-14-8-3-2-7-13(14)16-15(18)10-11-5-4-6-12(17)9-11/h2-9,17H,10H2,1H3,(H,16,18). The van der Waals surface area contributed by atoms with Gasteiger partial charge in [0.25, 0.3) is 0 Å². The molecule has 0 spiro atoms. The topological polar surface area (TPSA) is 58.6 Å². The molecule has 4 heteroatoms. The minimum absolute atomic E-state index is 0.155. The number of nitrogens with one attached hydrogen (secondary N) is 1. The largest absolute Gasteiger partial charge is 0.508 e. The number of phenols is 1. The van der Waals surface area contributed by atoms with Crippen LogP contribution in [0, 0.1) is 0 Å². The Morgan fingerprint density at radius 2 is 2.00 bits per heavy atom. The van der Waals surface area contributed by atoms with Crippen LogP contribution in [-0.2, 0) is 11.2 Å². The Bertz CT molecular complexity index is 581. The summed E-state index contributed by atoms with van der Waals surface area (Å²) in [6.45, 7) is 0. The van der Waals surface area contributed by atoms with Gasteiger partial charge >= 0.3 is 0 Å². The molecule has 0 aliphatic rings. The SMILES string of the molecule is COc1ccccc1NC(=O)Cc1cccc(O)c1. The highest BCUT2D eigenvalue weighted by Crippen LogP contribution is 2.23. The first-order valence-electron chi connectivity index (χ1n) is 5.90. The Balaban J connectivity index is 2.05. The average molecular weight is 257 g/mol. The number of methoxy groups -OCH3 is 1. The highest BCUT2D eigenvalue weighted by Gasteiger charge is 2.07. The molecule has 0 aliphatic carbocycles. The highest BCUT2D eigenvalue weighted by molar-refractivity contribution is 5.93. The third-order valence-corrected chi connectivity index (χ3v) is 2.66. The first-order chi connectivity index (χ1) is 9.19. The van der Waals surface area contributed by atoms with E-state index in [0.717, 1.165) is 5.56 Å². The number of benzene rings is 2. The average Bonchev–Trinajstić information content (AvgIpc) is 2.39. The lowest BCUT2D eigenvalue weighted by Gasteiger charge is -2.09. The van der Waals surface area contributed by atoms with Crippen molar-refractivity contribution in [1.29, 1.82) is 0 Å². The van der Waals surface area contributed by atoms with Gasteiger partial charge in [0.2, 0.25) is 5.91 Å². The number of anilines is 1. The normalized spacial score (nSPS) is 9.95. The van der Waals surface area contributed by atoms with E-state index in [4.69, 9.17) is 4.74 Å². The van der Waals surface area contributed by atoms with E-state index in [1.54, 1.807) is 43.5 Å². The number of hydrogen-bond donors (Lipinski definition) is 2. The van der Waals surface area contributed by atoms with Crippen LogP contribution in [0.25, 0.3) is 0 Å². The molecule has 0 aromatic heterocycles. The first kappa shape index (κ1) is 13.0. The molecule has 19 heavy (non-hydrogen) atoms. The molecule has 2 aromatic rings. The number of carbonyl (C=O) groups is 1. The van der Waals surface area contributed by atoms with Gasteiger partial charge in [-0.05, 0) is 29.8 Å². The smallest absolute Gasteiger partial charge is 0.228 e. The van der Waals surface area contributed by atoms with Crippen molar-refractivity contribution in [2.45, 2.75) is 6.42 Å². The molecule has 1 amide bonds. The molecule has 2 N–H and O–H groups in total. The Labute approximate surface area is 111 Å². The molecule has 0 radical (unpaired) electrons. The van der Waals surface area contributed by atoms with Crippen LogP contribution in [0.3, 0.4) is 0 Å². The van der Waals surface area contributed by atoms with E-state index < -0.39 is 0 Å². The van der Waals surface area contributed by atoms with E-state index in [9.17, 15) is 9.90 Å². The zero-order valence-electron chi connectivity index (χ0n) is 10.6. The van der Waals surface area contributed by atoms with Gasteiger partial charge in [0.05, 0.1) is 19.2 Å². The van der Waals surface area contributed by atoms with E-state index in [-0.39, 0.29) is 18.1 Å². The van der Waals surface area contributed by atoms with Crippen molar-refractivity contribution in [3.8, 4) is 11.5 Å². The van der Waals surface area contributed by atoms with Crippen molar-refractivity contribution in [2.75, 3.05) is 12.4 Å². The van der Waals surface area contributed by atoms with Gasteiger partial charge < -0.3 is 15.2 Å². The van der Waals surface area contributed by atoms with Crippen LogP contribution >= 0.6 is 0 Å². The summed E-state index contributed by atoms with van der Waals surface area (Å²) in [5.74, 6) is 0.615. The molecule has 0 fully saturated rings. The lowest BCUT2D eigenvalue weighted by atomic mass is 10.1. The fraction of sp³-hybridized carbons (Fsp3) is 0.133. The van der Waals surface area contributed by atoms with Gasteiger partial charge in [-0.2, -0.15) is 0 Å². The van der Waals surface area contributed by atoms with Crippen LogP contribution in [0.1, 0.15) is 5.56 Å². The lowest BCUT2D eigenvalue weighted by molar-refractivity contribution is -0.115. The summed E-state index contributed by atoms with van der Waals surface area (Å²) in [7, 11) is 1.56. The van der Waals surface area contributed by atoms with Gasteiger partial charge in [-0.3, -0.25) is 4.79 Å². The predicted molar refractivity (Wildman–Crippen MR) is 73.4 cm³/mol. The van der Waals surface area contributed by atoms with E-state index >= 15 is 0 Å². The van der Waals surface area contributed by atoms with Crippen LogP contribution in [0.2, 0.25) is 0 Å². The summed E-state index contributed by atoms with van der Waals surface area (Å²) >= 11 is 0. The predicted octanol–water partition coefficient (Wildman–Crippen LogP) is 2.58. The van der Waals surface area contributed by atoms with Crippen molar-refractivity contribution < 1.29 is 14.6 Å². The highest BCUT2D eigenvalue weighted by atomic mass is 16.5. The molecule has 2 rings (SSSR count). The molecule has 2 aromatic carbocycles. The molecule has 0 bridgehead atoms. The summed E-state index contributed by atoms with van der Waals surface area (Å²) in [5, 5.41) is 12.1. The number of aromatic hydroxyl groups is 1. The van der Waals surface area contributed by atoms with Gasteiger partial charge in [0.1, 0.15) is 11.5 Å². The van der Waals surface area contributed by atoms with Gasteiger partial charge in [-0.1, -0.05) is 24.3 Å². The number of carbonyl (C=O) groups excluding carboxylic acids is 1. The monoisotopic (exact) mass is 257 g/mol. The molecule has 0 unspecified atom stereocenters. The Kier molecular flexibility index (Phi) is 4.03. The van der Waals surface area contributed by atoms with Crippen LogP contribution in [0.5, 0.6) is 11.5 Å². The van der Waals surface area contributed by atoms with Crippen LogP contribution in [0.15, 0.2) is 48.5 Å². The molecule has 4 nitrogen and oxygen atoms in total. The van der Waals surface area contributed by atoms with E-state index in [2.05, 4.69) is 5.32 Å². The first-order valence-corrected chi connectivity index (χ1v) is 5.90. The van der Waals surface area contributed by atoms with Crippen LogP contribution in [-0.4, -0.2) is 18.1 Å². The summed E-state index contributed by atoms with van der Waals surface area (Å²) in [6.07, 6.45) is 0.201. The van der Waals surface area contributed by atoms with Crippen molar-refractivity contribution >= 4 is 11.6 Å². The fourth-order valence-electron chi connectivity index (χ4n) is 1.79. The molecule has 0 atom stereocenters. The van der Waals surface area contributed by atoms with Gasteiger partial charge in [-0.15, -0.1) is 0 Å². The molecule has 0 heterocycles. The number of ether oxygens (including phenoxy) is 1. The van der Waals surface area contributed by atoms with Gasteiger partial charge in [-0.25, -0.2) is 0 Å². The second kappa shape index (κ2) is 5.91. The van der Waals surface area contributed by atoms with Crippen molar-refractivity contribution in [2.24, 2.45) is 0 Å². The number of rotatable bonds is 4. The number of amides is 1. The van der Waals surface area contributed by atoms with E-state index in [1.165, 1.54) is 0 Å². The van der Waals surface area contributed by atoms with Gasteiger partial charge in [0.15, 0.2) is 0 Å². The summed E-state index contributed by atoms with van der Waals surface area (Å²) in [5.41, 5.74) is 1.39. The maximum Gasteiger partial charge on any atom is 0.228 e. The van der Waals surface area contributed by atoms with Crippen LogP contribution < -0.4 is 10.1 Å². The minimum atomic E-state index is -0.157. The maximum atomic E-state index is 11.9. The minimum Gasteiger partial charge on any atom is -0.508 e. The van der Waals surface area contributed by atoms with Crippen molar-refractivity contribution in [3.05, 3.63) is 54.1 Å². The number of phenolic OH excluding ortho intramolecular Hbond substituents is 1. The molecular weight excluding hydrogens is 242 g/mol. The van der Waals surface area contributed by atoms with E-state index in [0.29, 0.717) is 11.4 Å². The lowest BCUT2D eigenvalue weighted by Crippen LogP contribution is -2.14. The molecule has 0 saturated heterocycles. The summed E-state index contributed by atoms with van der Waals surface area (Å²) in [4.78, 5) is 11.9. The molecular formula is C15H15NO3. The fourth-order valence-corrected chi connectivity index (χ4v) is 1.79. The molecule has 98 valence electrons. The van der Waals surface area contributed by atoms with Crippen LogP contribution in [0.4, 0.5) is 5.69 Å². The second-order valence-electron chi connectivity index (χ2n) is 4.10. The quantitative estimate of drug-likeness (QED) is 0.885. The third kappa shape index (κ3) is 3.48. The summed E-state index contributed by atoms with van der Waals surface area (Å²) < 4.78 is 5.16. The number of hydrogen-bond acceptors (Lipinski definition) is 3. The summed E-state index contributed by atoms with van der Waals surface area (Å²) in [6, 6.07) is 13.9. The zero-order chi connectivity index (χ0) is 13.7. The Morgan fingerprint density at radius 3 is 2.74 bits per heavy atom. The Morgan fingerprint density at radius 1 is 1.21 bits per heavy atom. The van der Waals surface area contributed by atoms with Gasteiger partial charge in [0, 0.05) is 0 Å². The van der Waals surface area contributed by atoms with Crippen molar-refractivity contribution in [3.63, 3.8) is 0 Å². The third-order valence-electron chi connectivity index (χ3n) is 2.66. The second-order valence-corrected chi connectivity index (χ2v) is 4.10. The molecule has 0 saturated carbocycles. The number of para-hydroxylation sites is 2. The zero-order valence-corrected chi connectivity index (χ0v) is 10.6. The van der Waals surface area contributed by atoms with Crippen molar-refractivity contribution in [1.82, 2.24) is 0 Å². The Hall–Kier alpha value is -2.49.